The van der Waals surface area contributed by atoms with Crippen molar-refractivity contribution in [1.82, 2.24) is 0 Å². The molecule has 0 bridgehead atoms. The van der Waals surface area contributed by atoms with Gasteiger partial charge in [-0.05, 0) is 35.4 Å². The highest BCUT2D eigenvalue weighted by Crippen LogP contribution is 2.30. The van der Waals surface area contributed by atoms with Crippen molar-refractivity contribution in [3.63, 3.8) is 0 Å². The number of hydrogen-bond donors (Lipinski definition) is 2. The van der Waals surface area contributed by atoms with Gasteiger partial charge in [-0.2, -0.15) is 0 Å². The van der Waals surface area contributed by atoms with E-state index in [0.29, 0.717) is 6.41 Å². The molecule has 0 saturated carbocycles. The molecule has 0 aliphatic rings. The average Bonchev–Trinajstić information content (AvgIpc) is 2.48. The smallest absolute Gasteiger partial charge is 0.211 e. The van der Waals surface area contributed by atoms with E-state index in [2.05, 4.69) is 10.6 Å². The standard InChI is InChI=1S/C15H16N2O2/c1-16-15-9-12(6-7-14(15)17-10-18)11-4-3-5-13(8-11)19-2/h3-10,16H,1-2H3,(H,17,18). The highest BCUT2D eigenvalue weighted by molar-refractivity contribution is 5.84. The summed E-state index contributed by atoms with van der Waals surface area (Å²) in [5, 5.41) is 5.73. The summed E-state index contributed by atoms with van der Waals surface area (Å²) in [5.74, 6) is 0.818. The molecule has 0 aromatic heterocycles. The van der Waals surface area contributed by atoms with Gasteiger partial charge in [-0.15, -0.1) is 0 Å². The Kier molecular flexibility index (Phi) is 4.03. The highest BCUT2D eigenvalue weighted by atomic mass is 16.5. The minimum absolute atomic E-state index is 0.668. The van der Waals surface area contributed by atoms with Crippen LogP contribution in [0.4, 0.5) is 11.4 Å². The van der Waals surface area contributed by atoms with Gasteiger partial charge in [-0.3, -0.25) is 4.79 Å². The summed E-state index contributed by atoms with van der Waals surface area (Å²) in [6, 6.07) is 13.7. The summed E-state index contributed by atoms with van der Waals surface area (Å²) in [7, 11) is 3.47. The quantitative estimate of drug-likeness (QED) is 0.809. The number of rotatable bonds is 5. The van der Waals surface area contributed by atoms with Gasteiger partial charge in [0.05, 0.1) is 18.5 Å². The first-order chi connectivity index (χ1) is 9.28. The first kappa shape index (κ1) is 13.0. The molecular weight excluding hydrogens is 240 g/mol. The molecule has 0 unspecified atom stereocenters. The maximum atomic E-state index is 10.5. The predicted molar refractivity (Wildman–Crippen MR) is 77.7 cm³/mol. The van der Waals surface area contributed by atoms with E-state index in [0.717, 1.165) is 28.3 Å². The monoisotopic (exact) mass is 256 g/mol. The number of carbonyl (C=O) groups is 1. The molecule has 2 rings (SSSR count). The average molecular weight is 256 g/mol. The van der Waals surface area contributed by atoms with Crippen molar-refractivity contribution in [2.45, 2.75) is 0 Å². The van der Waals surface area contributed by atoms with E-state index in [-0.39, 0.29) is 0 Å². The third kappa shape index (κ3) is 2.85. The van der Waals surface area contributed by atoms with Crippen LogP contribution in [0.5, 0.6) is 5.75 Å². The van der Waals surface area contributed by atoms with Crippen molar-refractivity contribution >= 4 is 17.8 Å². The molecule has 0 atom stereocenters. The fraction of sp³-hybridized carbons (Fsp3) is 0.133. The second kappa shape index (κ2) is 5.91. The summed E-state index contributed by atoms with van der Waals surface area (Å²) >= 11 is 0. The summed E-state index contributed by atoms with van der Waals surface area (Å²) in [5.41, 5.74) is 3.74. The number of ether oxygens (including phenoxy) is 1. The predicted octanol–water partition coefficient (Wildman–Crippen LogP) is 2.97. The molecule has 0 spiro atoms. The van der Waals surface area contributed by atoms with Crippen molar-refractivity contribution < 1.29 is 9.53 Å². The van der Waals surface area contributed by atoms with Crippen molar-refractivity contribution in [3.8, 4) is 16.9 Å². The maximum absolute atomic E-state index is 10.5. The third-order valence-corrected chi connectivity index (χ3v) is 2.91. The Balaban J connectivity index is 2.41. The van der Waals surface area contributed by atoms with E-state index in [1.54, 1.807) is 7.11 Å². The van der Waals surface area contributed by atoms with Gasteiger partial charge in [0.2, 0.25) is 6.41 Å². The van der Waals surface area contributed by atoms with Crippen LogP contribution in [-0.2, 0) is 4.79 Å². The molecular formula is C15H16N2O2. The Morgan fingerprint density at radius 2 is 1.84 bits per heavy atom. The third-order valence-electron chi connectivity index (χ3n) is 2.91. The molecule has 2 N–H and O–H groups in total. The minimum Gasteiger partial charge on any atom is -0.497 e. The van der Waals surface area contributed by atoms with Crippen LogP contribution in [0.3, 0.4) is 0 Å². The van der Waals surface area contributed by atoms with Crippen molar-refractivity contribution in [2.75, 3.05) is 24.8 Å². The van der Waals surface area contributed by atoms with Crippen LogP contribution in [-0.4, -0.2) is 20.6 Å². The lowest BCUT2D eigenvalue weighted by Crippen LogP contribution is -1.99. The fourth-order valence-electron chi connectivity index (χ4n) is 1.92. The van der Waals surface area contributed by atoms with Crippen LogP contribution in [0.25, 0.3) is 11.1 Å². The van der Waals surface area contributed by atoms with Gasteiger partial charge in [0.25, 0.3) is 0 Å². The molecule has 98 valence electrons. The lowest BCUT2D eigenvalue weighted by atomic mass is 10.0. The van der Waals surface area contributed by atoms with Gasteiger partial charge in [-0.25, -0.2) is 0 Å². The van der Waals surface area contributed by atoms with Crippen LogP contribution >= 0.6 is 0 Å². The van der Waals surface area contributed by atoms with Gasteiger partial charge >= 0.3 is 0 Å². The topological polar surface area (TPSA) is 50.4 Å². The molecule has 0 aliphatic heterocycles. The van der Waals surface area contributed by atoms with Gasteiger partial charge in [-0.1, -0.05) is 18.2 Å². The number of amides is 1. The maximum Gasteiger partial charge on any atom is 0.211 e. The van der Waals surface area contributed by atoms with Crippen LogP contribution in [0.2, 0.25) is 0 Å². The summed E-state index contributed by atoms with van der Waals surface area (Å²) in [6.45, 7) is 0. The van der Waals surface area contributed by atoms with Crippen molar-refractivity contribution in [1.29, 1.82) is 0 Å². The Bertz CT molecular complexity index is 582. The Morgan fingerprint density at radius 3 is 2.53 bits per heavy atom. The number of benzene rings is 2. The number of carbonyl (C=O) groups excluding carboxylic acids is 1. The molecule has 0 aliphatic carbocycles. The largest absolute Gasteiger partial charge is 0.497 e. The Labute approximate surface area is 112 Å². The number of nitrogens with one attached hydrogen (secondary N) is 2. The zero-order valence-corrected chi connectivity index (χ0v) is 10.9. The Morgan fingerprint density at radius 1 is 1.05 bits per heavy atom. The van der Waals surface area contributed by atoms with Crippen LogP contribution in [0.1, 0.15) is 0 Å². The summed E-state index contributed by atoms with van der Waals surface area (Å²) in [6.07, 6.45) is 0.668. The molecule has 4 heteroatoms. The van der Waals surface area contributed by atoms with Gasteiger partial charge in [0.1, 0.15) is 5.75 Å². The molecule has 2 aromatic carbocycles. The van der Waals surface area contributed by atoms with E-state index >= 15 is 0 Å². The summed E-state index contributed by atoms with van der Waals surface area (Å²) < 4.78 is 5.22. The zero-order valence-electron chi connectivity index (χ0n) is 10.9. The van der Waals surface area contributed by atoms with Crippen LogP contribution < -0.4 is 15.4 Å². The SMILES string of the molecule is CNc1cc(-c2cccc(OC)c2)ccc1NC=O. The van der Waals surface area contributed by atoms with Gasteiger partial charge < -0.3 is 15.4 Å². The van der Waals surface area contributed by atoms with E-state index in [9.17, 15) is 4.79 Å². The second-order valence-electron chi connectivity index (χ2n) is 4.00. The number of anilines is 2. The first-order valence-corrected chi connectivity index (χ1v) is 5.95. The molecule has 0 radical (unpaired) electrons. The normalized spacial score (nSPS) is 9.79. The fourth-order valence-corrected chi connectivity index (χ4v) is 1.92. The molecule has 4 nitrogen and oxygen atoms in total. The molecule has 2 aromatic rings. The van der Waals surface area contributed by atoms with Gasteiger partial charge in [0, 0.05) is 7.05 Å². The lowest BCUT2D eigenvalue weighted by molar-refractivity contribution is -0.105. The van der Waals surface area contributed by atoms with E-state index in [1.165, 1.54) is 0 Å². The highest BCUT2D eigenvalue weighted by Gasteiger charge is 2.04. The summed E-state index contributed by atoms with van der Waals surface area (Å²) in [4.78, 5) is 10.5. The van der Waals surface area contributed by atoms with Crippen LogP contribution in [0, 0.1) is 0 Å². The zero-order chi connectivity index (χ0) is 13.7. The lowest BCUT2D eigenvalue weighted by Gasteiger charge is -2.11. The molecule has 1 amide bonds. The molecule has 0 heterocycles. The van der Waals surface area contributed by atoms with E-state index in [4.69, 9.17) is 4.74 Å². The van der Waals surface area contributed by atoms with Gasteiger partial charge in [0.15, 0.2) is 0 Å². The first-order valence-electron chi connectivity index (χ1n) is 5.95. The molecule has 19 heavy (non-hydrogen) atoms. The minimum atomic E-state index is 0.668. The number of methoxy groups -OCH3 is 1. The second-order valence-corrected chi connectivity index (χ2v) is 4.00. The van der Waals surface area contributed by atoms with E-state index in [1.807, 2.05) is 49.5 Å². The van der Waals surface area contributed by atoms with E-state index < -0.39 is 0 Å². The van der Waals surface area contributed by atoms with Crippen molar-refractivity contribution in [2.24, 2.45) is 0 Å². The van der Waals surface area contributed by atoms with Crippen LogP contribution in [0.15, 0.2) is 42.5 Å². The number of hydrogen-bond acceptors (Lipinski definition) is 3. The molecule has 0 saturated heterocycles. The molecule has 0 fully saturated rings. The Hall–Kier alpha value is -2.49. The van der Waals surface area contributed by atoms with Crippen molar-refractivity contribution in [3.05, 3.63) is 42.5 Å².